The maximum absolute atomic E-state index is 12.1. The molecular formula is C14H21NO4S2. The Kier molecular flexibility index (Phi) is 7.77. The van der Waals surface area contributed by atoms with Gasteiger partial charge in [0, 0.05) is 18.9 Å². The van der Waals surface area contributed by atoms with Gasteiger partial charge in [0.05, 0.1) is 16.2 Å². The van der Waals surface area contributed by atoms with Crippen LogP contribution < -0.4 is 5.32 Å². The second kappa shape index (κ2) is 9.07. The predicted octanol–water partition coefficient (Wildman–Crippen LogP) is 1.33. The summed E-state index contributed by atoms with van der Waals surface area (Å²) in [6.45, 7) is 2.19. The number of hydrogen-bond acceptors (Lipinski definition) is 5. The normalized spacial score (nSPS) is 11.3. The lowest BCUT2D eigenvalue weighted by atomic mass is 10.2. The molecule has 0 unspecified atom stereocenters. The Labute approximate surface area is 130 Å². The minimum atomic E-state index is -3.41. The van der Waals surface area contributed by atoms with Crippen LogP contribution in [0.25, 0.3) is 0 Å². The summed E-state index contributed by atoms with van der Waals surface area (Å²) in [6.07, 6.45) is 0.732. The van der Waals surface area contributed by atoms with Gasteiger partial charge in [-0.2, -0.15) is 11.8 Å². The van der Waals surface area contributed by atoms with Crippen molar-refractivity contribution < 1.29 is 18.3 Å². The summed E-state index contributed by atoms with van der Waals surface area (Å²) < 4.78 is 23.9. The van der Waals surface area contributed by atoms with E-state index in [0.29, 0.717) is 6.54 Å². The van der Waals surface area contributed by atoms with E-state index >= 15 is 0 Å². The van der Waals surface area contributed by atoms with Crippen molar-refractivity contribution in [1.82, 2.24) is 5.32 Å². The first-order valence-electron chi connectivity index (χ1n) is 6.81. The zero-order valence-electron chi connectivity index (χ0n) is 12.0. The molecule has 0 spiro atoms. The molecule has 0 aliphatic heterocycles. The molecular weight excluding hydrogens is 310 g/mol. The van der Waals surface area contributed by atoms with Gasteiger partial charge in [-0.05, 0) is 24.3 Å². The highest BCUT2D eigenvalue weighted by Crippen LogP contribution is 2.16. The number of carbonyl (C=O) groups excluding carboxylic acids is 1. The molecule has 0 heterocycles. The van der Waals surface area contributed by atoms with Crippen LogP contribution in [0, 0.1) is 0 Å². The van der Waals surface area contributed by atoms with Crippen molar-refractivity contribution in [3.8, 4) is 0 Å². The van der Waals surface area contributed by atoms with Gasteiger partial charge in [0.2, 0.25) is 0 Å². The molecule has 0 aliphatic carbocycles. The number of carbonyl (C=O) groups is 1. The van der Waals surface area contributed by atoms with Gasteiger partial charge < -0.3 is 10.4 Å². The van der Waals surface area contributed by atoms with Crippen LogP contribution in [-0.4, -0.2) is 49.8 Å². The van der Waals surface area contributed by atoms with E-state index in [9.17, 15) is 13.2 Å². The Morgan fingerprint density at radius 1 is 1.29 bits per heavy atom. The Morgan fingerprint density at radius 2 is 2.00 bits per heavy atom. The van der Waals surface area contributed by atoms with Gasteiger partial charge in [0.15, 0.2) is 9.84 Å². The lowest BCUT2D eigenvalue weighted by molar-refractivity contribution is 0.0953. The Hall–Kier alpha value is -1.05. The number of benzene rings is 1. The van der Waals surface area contributed by atoms with Crippen LogP contribution in [0.1, 0.15) is 23.7 Å². The van der Waals surface area contributed by atoms with Gasteiger partial charge >= 0.3 is 0 Å². The van der Waals surface area contributed by atoms with Crippen LogP contribution in [0.4, 0.5) is 0 Å². The van der Waals surface area contributed by atoms with Gasteiger partial charge in [0.25, 0.3) is 5.91 Å². The number of aliphatic hydroxyl groups is 1. The maximum atomic E-state index is 12.1. The molecule has 0 radical (unpaired) electrons. The molecule has 0 saturated carbocycles. The summed E-state index contributed by atoms with van der Waals surface area (Å²) in [7, 11) is -3.41. The second-order valence-electron chi connectivity index (χ2n) is 4.35. The van der Waals surface area contributed by atoms with Gasteiger partial charge in [0.1, 0.15) is 0 Å². The van der Waals surface area contributed by atoms with Crippen LogP contribution in [-0.2, 0) is 9.84 Å². The third kappa shape index (κ3) is 5.68. The molecule has 0 aromatic heterocycles. The second-order valence-corrected chi connectivity index (χ2v) is 7.82. The van der Waals surface area contributed by atoms with E-state index in [-0.39, 0.29) is 28.7 Å². The van der Waals surface area contributed by atoms with Crippen molar-refractivity contribution in [2.24, 2.45) is 0 Å². The Bertz CT molecular complexity index is 558. The SMILES string of the molecule is CCS(=O)(=O)c1ccccc1C(=O)NCCSCCCO. The van der Waals surface area contributed by atoms with Gasteiger partial charge in [-0.15, -0.1) is 0 Å². The molecule has 2 N–H and O–H groups in total. The van der Waals surface area contributed by atoms with Crippen LogP contribution >= 0.6 is 11.8 Å². The standard InChI is InChI=1S/C14H21NO4S2/c1-2-21(18,19)13-7-4-3-6-12(13)14(17)15-8-11-20-10-5-9-16/h3-4,6-7,16H,2,5,8-11H2,1H3,(H,15,17). The fourth-order valence-electron chi connectivity index (χ4n) is 1.68. The fraction of sp³-hybridized carbons (Fsp3) is 0.500. The van der Waals surface area contributed by atoms with Crippen LogP contribution in [0.15, 0.2) is 29.2 Å². The van der Waals surface area contributed by atoms with Crippen LogP contribution in [0.3, 0.4) is 0 Å². The lowest BCUT2D eigenvalue weighted by Crippen LogP contribution is -2.27. The van der Waals surface area contributed by atoms with Crippen LogP contribution in [0.2, 0.25) is 0 Å². The minimum Gasteiger partial charge on any atom is -0.396 e. The number of sulfone groups is 1. The maximum Gasteiger partial charge on any atom is 0.252 e. The smallest absolute Gasteiger partial charge is 0.252 e. The van der Waals surface area contributed by atoms with Crippen molar-refractivity contribution in [3.63, 3.8) is 0 Å². The number of thioether (sulfide) groups is 1. The van der Waals surface area contributed by atoms with Crippen LogP contribution in [0.5, 0.6) is 0 Å². The van der Waals surface area contributed by atoms with E-state index < -0.39 is 9.84 Å². The average molecular weight is 331 g/mol. The molecule has 0 saturated heterocycles. The number of nitrogens with one attached hydrogen (secondary N) is 1. The minimum absolute atomic E-state index is 0.0334. The van der Waals surface area contributed by atoms with E-state index in [1.165, 1.54) is 12.1 Å². The third-order valence-electron chi connectivity index (χ3n) is 2.83. The van der Waals surface area contributed by atoms with E-state index in [2.05, 4.69) is 5.32 Å². The van der Waals surface area contributed by atoms with Crippen molar-refractivity contribution >= 4 is 27.5 Å². The monoisotopic (exact) mass is 331 g/mol. The molecule has 1 aromatic rings. The summed E-state index contributed by atoms with van der Waals surface area (Å²) >= 11 is 1.64. The molecule has 0 atom stereocenters. The van der Waals surface area contributed by atoms with Gasteiger partial charge in [-0.25, -0.2) is 8.42 Å². The number of amides is 1. The zero-order chi connectivity index (χ0) is 15.7. The summed E-state index contributed by atoms with van der Waals surface area (Å²) in [4.78, 5) is 12.2. The first-order valence-corrected chi connectivity index (χ1v) is 9.62. The molecule has 1 amide bonds. The highest BCUT2D eigenvalue weighted by molar-refractivity contribution is 7.99. The molecule has 21 heavy (non-hydrogen) atoms. The van der Waals surface area contributed by atoms with Crippen molar-refractivity contribution in [2.75, 3.05) is 30.4 Å². The first-order chi connectivity index (χ1) is 10.0. The molecule has 0 bridgehead atoms. The highest BCUT2D eigenvalue weighted by atomic mass is 32.2. The highest BCUT2D eigenvalue weighted by Gasteiger charge is 2.19. The van der Waals surface area contributed by atoms with E-state index in [4.69, 9.17) is 5.11 Å². The fourth-order valence-corrected chi connectivity index (χ4v) is 3.56. The van der Waals surface area contributed by atoms with E-state index in [1.807, 2.05) is 0 Å². The number of aliphatic hydroxyl groups excluding tert-OH is 1. The first kappa shape index (κ1) is 18.0. The molecule has 5 nitrogen and oxygen atoms in total. The predicted molar refractivity (Wildman–Crippen MR) is 85.5 cm³/mol. The largest absolute Gasteiger partial charge is 0.396 e. The summed E-state index contributed by atoms with van der Waals surface area (Å²) in [5.74, 6) is 1.17. The van der Waals surface area contributed by atoms with Crippen molar-refractivity contribution in [3.05, 3.63) is 29.8 Å². The van der Waals surface area contributed by atoms with E-state index in [0.717, 1.165) is 17.9 Å². The van der Waals surface area contributed by atoms with Crippen molar-refractivity contribution in [2.45, 2.75) is 18.2 Å². The average Bonchev–Trinajstić information content (AvgIpc) is 2.50. The zero-order valence-corrected chi connectivity index (χ0v) is 13.7. The Morgan fingerprint density at radius 3 is 2.67 bits per heavy atom. The third-order valence-corrected chi connectivity index (χ3v) is 5.68. The molecule has 0 aliphatic rings. The Balaban J connectivity index is 2.63. The molecule has 118 valence electrons. The quantitative estimate of drug-likeness (QED) is 0.667. The lowest BCUT2D eigenvalue weighted by Gasteiger charge is -2.09. The molecule has 1 aromatic carbocycles. The molecule has 7 heteroatoms. The summed E-state index contributed by atoms with van der Waals surface area (Å²) in [6, 6.07) is 6.25. The summed E-state index contributed by atoms with van der Waals surface area (Å²) in [5.41, 5.74) is 0.194. The molecule has 1 rings (SSSR count). The van der Waals surface area contributed by atoms with E-state index in [1.54, 1.807) is 30.8 Å². The van der Waals surface area contributed by atoms with Gasteiger partial charge in [-0.1, -0.05) is 19.1 Å². The topological polar surface area (TPSA) is 83.5 Å². The number of rotatable bonds is 9. The summed E-state index contributed by atoms with van der Waals surface area (Å²) in [5, 5.41) is 11.4. The van der Waals surface area contributed by atoms with Crippen molar-refractivity contribution in [1.29, 1.82) is 0 Å². The van der Waals surface area contributed by atoms with Gasteiger partial charge in [-0.3, -0.25) is 4.79 Å². The molecule has 0 fully saturated rings. The number of hydrogen-bond donors (Lipinski definition) is 2.